The number of imidazole rings is 1. The maximum absolute atomic E-state index is 12.7. The molecule has 0 aliphatic carbocycles. The van der Waals surface area contributed by atoms with Crippen LogP contribution in [0.1, 0.15) is 11.4 Å². The fraction of sp³-hybridized carbons (Fsp3) is 0.250. The number of nitrogens with one attached hydrogen (secondary N) is 2. The van der Waals surface area contributed by atoms with Gasteiger partial charge in [0.25, 0.3) is 0 Å². The molecule has 21 heavy (non-hydrogen) atoms. The summed E-state index contributed by atoms with van der Waals surface area (Å²) in [5.41, 5.74) is 0.278. The Kier molecular flexibility index (Phi) is 3.24. The van der Waals surface area contributed by atoms with Crippen molar-refractivity contribution in [2.75, 3.05) is 11.9 Å². The molecule has 6 nitrogen and oxygen atoms in total. The monoisotopic (exact) mass is 296 g/mol. The maximum Gasteiger partial charge on any atom is 0.435 e. The number of aromatic amines is 1. The van der Waals surface area contributed by atoms with Gasteiger partial charge in [-0.3, -0.25) is 0 Å². The van der Waals surface area contributed by atoms with Crippen LogP contribution in [0.15, 0.2) is 31.0 Å². The maximum atomic E-state index is 12.7. The van der Waals surface area contributed by atoms with Gasteiger partial charge in [0.1, 0.15) is 5.52 Å². The van der Waals surface area contributed by atoms with E-state index in [1.807, 2.05) is 0 Å². The zero-order valence-electron chi connectivity index (χ0n) is 10.7. The second-order valence-corrected chi connectivity index (χ2v) is 4.39. The van der Waals surface area contributed by atoms with Gasteiger partial charge < -0.3 is 10.3 Å². The highest BCUT2D eigenvalue weighted by atomic mass is 19.4. The number of H-pyrrole nitrogens is 1. The lowest BCUT2D eigenvalue weighted by atomic mass is 10.3. The first-order valence-electron chi connectivity index (χ1n) is 6.17. The smallest absolute Gasteiger partial charge is 0.368 e. The van der Waals surface area contributed by atoms with E-state index in [0.717, 1.165) is 16.3 Å². The van der Waals surface area contributed by atoms with Crippen LogP contribution in [0.3, 0.4) is 0 Å². The summed E-state index contributed by atoms with van der Waals surface area (Å²) in [6.45, 7) is 0.515. The molecular weight excluding hydrogens is 285 g/mol. The molecule has 0 radical (unpaired) electrons. The number of fused-ring (bicyclic) bond motifs is 1. The van der Waals surface area contributed by atoms with Gasteiger partial charge in [0.2, 0.25) is 0 Å². The van der Waals surface area contributed by atoms with Crippen molar-refractivity contribution < 1.29 is 13.2 Å². The third-order valence-corrected chi connectivity index (χ3v) is 2.92. The first kappa shape index (κ1) is 13.4. The molecule has 0 spiro atoms. The van der Waals surface area contributed by atoms with Crippen LogP contribution >= 0.6 is 0 Å². The van der Waals surface area contributed by atoms with E-state index in [1.165, 1.54) is 12.4 Å². The standard InChI is InChI=1S/C12H11F3N6/c13-12(14,15)10-5-9-11(18-3-4-21(9)20-10)17-2-1-8-6-16-7-19-8/h3-7H,1-2H2,(H,16,19)(H,17,18). The van der Waals surface area contributed by atoms with E-state index >= 15 is 0 Å². The lowest BCUT2D eigenvalue weighted by molar-refractivity contribution is -0.141. The Labute approximate surface area is 117 Å². The first-order chi connectivity index (χ1) is 10.0. The van der Waals surface area contributed by atoms with Crippen LogP contribution in [-0.2, 0) is 12.6 Å². The number of aromatic nitrogens is 5. The lowest BCUT2D eigenvalue weighted by Crippen LogP contribution is -2.07. The third-order valence-electron chi connectivity index (χ3n) is 2.92. The van der Waals surface area contributed by atoms with Gasteiger partial charge in [0.15, 0.2) is 11.5 Å². The summed E-state index contributed by atoms with van der Waals surface area (Å²) in [6, 6.07) is 0.978. The number of alkyl halides is 3. The number of hydrogen-bond acceptors (Lipinski definition) is 4. The quantitative estimate of drug-likeness (QED) is 0.773. The molecule has 0 aliphatic rings. The zero-order valence-corrected chi connectivity index (χ0v) is 10.7. The molecule has 0 saturated carbocycles. The largest absolute Gasteiger partial charge is 0.435 e. The second kappa shape index (κ2) is 5.08. The van der Waals surface area contributed by atoms with Crippen molar-refractivity contribution >= 4 is 11.3 Å². The van der Waals surface area contributed by atoms with Crippen LogP contribution in [0.4, 0.5) is 19.0 Å². The number of halogens is 3. The van der Waals surface area contributed by atoms with Crippen molar-refractivity contribution in [3.63, 3.8) is 0 Å². The van der Waals surface area contributed by atoms with Crippen molar-refractivity contribution in [2.24, 2.45) is 0 Å². The molecule has 0 saturated heterocycles. The van der Waals surface area contributed by atoms with Gasteiger partial charge in [-0.1, -0.05) is 0 Å². The van der Waals surface area contributed by atoms with E-state index in [0.29, 0.717) is 18.8 Å². The van der Waals surface area contributed by atoms with E-state index in [4.69, 9.17) is 0 Å². The Morgan fingerprint density at radius 1 is 1.33 bits per heavy atom. The van der Waals surface area contributed by atoms with Gasteiger partial charge in [0.05, 0.1) is 6.33 Å². The normalized spacial score (nSPS) is 12.0. The Morgan fingerprint density at radius 2 is 2.19 bits per heavy atom. The van der Waals surface area contributed by atoms with Crippen LogP contribution in [0.2, 0.25) is 0 Å². The van der Waals surface area contributed by atoms with Gasteiger partial charge in [0, 0.05) is 43.3 Å². The molecule has 3 aromatic heterocycles. The molecule has 0 aromatic carbocycles. The zero-order chi connectivity index (χ0) is 14.9. The topological polar surface area (TPSA) is 70.9 Å². The van der Waals surface area contributed by atoms with E-state index in [2.05, 4.69) is 25.4 Å². The van der Waals surface area contributed by atoms with Gasteiger partial charge in [-0.05, 0) is 0 Å². The summed E-state index contributed by atoms with van der Waals surface area (Å²) in [5, 5.41) is 6.50. The molecule has 110 valence electrons. The van der Waals surface area contributed by atoms with Crippen LogP contribution < -0.4 is 5.32 Å². The molecule has 2 N–H and O–H groups in total. The van der Waals surface area contributed by atoms with Crippen LogP contribution in [0.25, 0.3) is 5.52 Å². The first-order valence-corrected chi connectivity index (χ1v) is 6.17. The van der Waals surface area contributed by atoms with E-state index in [9.17, 15) is 13.2 Å². The molecule has 0 amide bonds. The average molecular weight is 296 g/mol. The third kappa shape index (κ3) is 2.81. The van der Waals surface area contributed by atoms with E-state index < -0.39 is 11.9 Å². The van der Waals surface area contributed by atoms with Crippen molar-refractivity contribution in [3.05, 3.63) is 42.4 Å². The fourth-order valence-electron chi connectivity index (χ4n) is 1.93. The van der Waals surface area contributed by atoms with Crippen molar-refractivity contribution in [1.82, 2.24) is 24.6 Å². The molecule has 3 heterocycles. The predicted octanol–water partition coefficient (Wildman–Crippen LogP) is 2.13. The molecule has 0 aliphatic heterocycles. The highest BCUT2D eigenvalue weighted by Crippen LogP contribution is 2.29. The molecule has 3 rings (SSSR count). The van der Waals surface area contributed by atoms with Crippen LogP contribution in [0.5, 0.6) is 0 Å². The predicted molar refractivity (Wildman–Crippen MR) is 68.8 cm³/mol. The summed E-state index contributed by atoms with van der Waals surface area (Å²) in [6.07, 6.45) is 2.22. The van der Waals surface area contributed by atoms with Gasteiger partial charge in [-0.15, -0.1) is 0 Å². The summed E-state index contributed by atoms with van der Waals surface area (Å²) in [5.74, 6) is 0.361. The molecule has 0 unspecified atom stereocenters. The summed E-state index contributed by atoms with van der Waals surface area (Å²) in [4.78, 5) is 10.9. The number of nitrogens with zero attached hydrogens (tertiary/aromatic N) is 4. The molecule has 0 bridgehead atoms. The molecule has 0 fully saturated rings. The Balaban J connectivity index is 1.80. The average Bonchev–Trinajstić information content (AvgIpc) is 3.06. The highest BCUT2D eigenvalue weighted by molar-refractivity contribution is 5.67. The minimum atomic E-state index is -4.47. The fourth-order valence-corrected chi connectivity index (χ4v) is 1.93. The van der Waals surface area contributed by atoms with Crippen molar-refractivity contribution in [2.45, 2.75) is 12.6 Å². The molecule has 0 atom stereocenters. The summed E-state index contributed by atoms with van der Waals surface area (Å²) in [7, 11) is 0. The Morgan fingerprint density at radius 3 is 2.90 bits per heavy atom. The van der Waals surface area contributed by atoms with E-state index in [-0.39, 0.29) is 5.52 Å². The van der Waals surface area contributed by atoms with Gasteiger partial charge in [-0.25, -0.2) is 14.5 Å². The minimum absolute atomic E-state index is 0.287. The summed E-state index contributed by atoms with van der Waals surface area (Å²) >= 11 is 0. The molecule has 9 heteroatoms. The minimum Gasteiger partial charge on any atom is -0.368 e. The number of rotatable bonds is 4. The number of hydrogen-bond donors (Lipinski definition) is 2. The SMILES string of the molecule is FC(F)(F)c1cc2c(NCCc3cnc[nH]3)nccn2n1. The highest BCUT2D eigenvalue weighted by Gasteiger charge is 2.34. The lowest BCUT2D eigenvalue weighted by Gasteiger charge is -2.05. The second-order valence-electron chi connectivity index (χ2n) is 4.39. The number of anilines is 1. The Bertz CT molecular complexity index is 731. The van der Waals surface area contributed by atoms with Gasteiger partial charge in [-0.2, -0.15) is 18.3 Å². The Hall–Kier alpha value is -2.58. The molecular formula is C12H11F3N6. The van der Waals surface area contributed by atoms with Gasteiger partial charge >= 0.3 is 6.18 Å². The van der Waals surface area contributed by atoms with Crippen LogP contribution in [0, 0.1) is 0 Å². The molecule has 3 aromatic rings. The van der Waals surface area contributed by atoms with Crippen LogP contribution in [-0.4, -0.2) is 31.1 Å². The van der Waals surface area contributed by atoms with E-state index in [1.54, 1.807) is 12.5 Å². The summed E-state index contributed by atoms with van der Waals surface area (Å²) < 4.78 is 39.2. The van der Waals surface area contributed by atoms with Crippen molar-refractivity contribution in [1.29, 1.82) is 0 Å². The van der Waals surface area contributed by atoms with Crippen molar-refractivity contribution in [3.8, 4) is 0 Å².